The van der Waals surface area contributed by atoms with Gasteiger partial charge >= 0.3 is 23.9 Å². The van der Waals surface area contributed by atoms with Crippen molar-refractivity contribution in [2.24, 2.45) is 5.92 Å². The van der Waals surface area contributed by atoms with Crippen molar-refractivity contribution in [2.75, 3.05) is 11.9 Å². The van der Waals surface area contributed by atoms with E-state index in [2.05, 4.69) is 10.6 Å². The van der Waals surface area contributed by atoms with E-state index in [1.807, 2.05) is 30.3 Å². The van der Waals surface area contributed by atoms with Gasteiger partial charge < -0.3 is 30.5 Å². The van der Waals surface area contributed by atoms with E-state index < -0.39 is 54.4 Å². The maximum atomic E-state index is 13.2. The van der Waals surface area contributed by atoms with Crippen LogP contribution in [-0.2, 0) is 25.7 Å². The van der Waals surface area contributed by atoms with Gasteiger partial charge in [-0.05, 0) is 35.7 Å². The number of hydrogen-bond acceptors (Lipinski definition) is 6. The molecule has 11 nitrogen and oxygen atoms in total. The molecular weight excluding hydrogens is 518 g/mol. The van der Waals surface area contributed by atoms with Gasteiger partial charge in [0.2, 0.25) is 5.91 Å². The highest BCUT2D eigenvalue weighted by Gasteiger charge is 2.50. The molecule has 0 spiro atoms. The van der Waals surface area contributed by atoms with Crippen molar-refractivity contribution in [3.8, 4) is 0 Å². The predicted octanol–water partition coefficient (Wildman–Crippen LogP) is 3.29. The molecular formula is C29H27N3O8. The van der Waals surface area contributed by atoms with E-state index in [1.54, 1.807) is 42.5 Å². The minimum Gasteiger partial charge on any atom is -0.481 e. The van der Waals surface area contributed by atoms with Crippen LogP contribution in [0.1, 0.15) is 33.9 Å². The van der Waals surface area contributed by atoms with E-state index in [-0.39, 0.29) is 24.3 Å². The summed E-state index contributed by atoms with van der Waals surface area (Å²) in [5, 5.41) is 24.4. The molecule has 3 unspecified atom stereocenters. The smallest absolute Gasteiger partial charge is 0.338 e. The minimum atomic E-state index is -1.37. The average molecular weight is 546 g/mol. The molecule has 0 aliphatic carbocycles. The van der Waals surface area contributed by atoms with Crippen LogP contribution in [0.4, 0.5) is 10.5 Å². The third-order valence-corrected chi connectivity index (χ3v) is 6.49. The Morgan fingerprint density at radius 3 is 2.17 bits per heavy atom. The topological polar surface area (TPSA) is 162 Å². The molecule has 11 heteroatoms. The first kappa shape index (κ1) is 27.8. The lowest BCUT2D eigenvalue weighted by Crippen LogP contribution is -2.47. The van der Waals surface area contributed by atoms with E-state index in [0.29, 0.717) is 5.56 Å². The van der Waals surface area contributed by atoms with Crippen molar-refractivity contribution in [3.05, 3.63) is 102 Å². The molecule has 0 saturated carbocycles. The summed E-state index contributed by atoms with van der Waals surface area (Å²) >= 11 is 0. The summed E-state index contributed by atoms with van der Waals surface area (Å²) in [6.45, 7) is -0.495. The summed E-state index contributed by atoms with van der Waals surface area (Å²) in [7, 11) is 0. The van der Waals surface area contributed by atoms with E-state index in [0.717, 1.165) is 10.5 Å². The van der Waals surface area contributed by atoms with Crippen LogP contribution < -0.4 is 10.6 Å². The van der Waals surface area contributed by atoms with Crippen molar-refractivity contribution in [1.82, 2.24) is 10.2 Å². The van der Waals surface area contributed by atoms with Crippen LogP contribution in [0.2, 0.25) is 0 Å². The van der Waals surface area contributed by atoms with Gasteiger partial charge in [0.1, 0.15) is 12.6 Å². The normalized spacial score (nSPS) is 18.0. The Morgan fingerprint density at radius 1 is 0.850 bits per heavy atom. The van der Waals surface area contributed by atoms with Gasteiger partial charge in [0.15, 0.2) is 0 Å². The molecule has 3 amide bonds. The SMILES string of the molecule is O=C(NCC(=O)N1C(C(=O)O)CC(C(=O)O)C1c1ccccc1)Nc1cccc(C(=O)OCc2ccccc2)c1. The highest BCUT2D eigenvalue weighted by atomic mass is 16.5. The van der Waals surface area contributed by atoms with Gasteiger partial charge in [-0.2, -0.15) is 0 Å². The molecule has 0 radical (unpaired) electrons. The number of nitrogens with zero attached hydrogens (tertiary/aromatic N) is 1. The van der Waals surface area contributed by atoms with Crippen LogP contribution in [0.5, 0.6) is 0 Å². The number of urea groups is 1. The summed E-state index contributed by atoms with van der Waals surface area (Å²) in [5.41, 5.74) is 1.77. The van der Waals surface area contributed by atoms with Crippen LogP contribution in [0.3, 0.4) is 0 Å². The maximum absolute atomic E-state index is 13.2. The Balaban J connectivity index is 1.39. The second kappa shape index (κ2) is 12.6. The number of carbonyl (C=O) groups is 5. The molecule has 3 aromatic carbocycles. The second-order valence-electron chi connectivity index (χ2n) is 9.14. The highest BCUT2D eigenvalue weighted by Crippen LogP contribution is 2.41. The number of carboxylic acids is 2. The summed E-state index contributed by atoms with van der Waals surface area (Å²) in [6, 6.07) is 20.3. The van der Waals surface area contributed by atoms with Crippen LogP contribution in [0.15, 0.2) is 84.9 Å². The van der Waals surface area contributed by atoms with E-state index in [4.69, 9.17) is 4.74 Å². The predicted molar refractivity (Wildman–Crippen MR) is 142 cm³/mol. The molecule has 3 aromatic rings. The fourth-order valence-corrected chi connectivity index (χ4v) is 4.65. The number of rotatable bonds is 9. The largest absolute Gasteiger partial charge is 0.481 e. The Hall–Kier alpha value is -5.19. The van der Waals surface area contributed by atoms with Crippen molar-refractivity contribution in [3.63, 3.8) is 0 Å². The molecule has 4 N–H and O–H groups in total. The number of amides is 3. The van der Waals surface area contributed by atoms with Gasteiger partial charge in [-0.1, -0.05) is 66.7 Å². The van der Waals surface area contributed by atoms with Crippen molar-refractivity contribution >= 4 is 35.5 Å². The number of ether oxygens (including phenoxy) is 1. The molecule has 4 rings (SSSR count). The Labute approximate surface area is 229 Å². The minimum absolute atomic E-state index is 0.0838. The number of likely N-dealkylation sites (tertiary alicyclic amines) is 1. The summed E-state index contributed by atoms with van der Waals surface area (Å²) in [6.07, 6.45) is -0.269. The van der Waals surface area contributed by atoms with Gasteiger partial charge in [0, 0.05) is 5.69 Å². The molecule has 0 aromatic heterocycles. The summed E-state index contributed by atoms with van der Waals surface area (Å²) in [4.78, 5) is 63.0. The number of aliphatic carboxylic acids is 2. The monoisotopic (exact) mass is 545 g/mol. The van der Waals surface area contributed by atoms with Gasteiger partial charge in [0.05, 0.1) is 24.1 Å². The molecule has 1 aliphatic rings. The number of carboxylic acid groups (broad SMARTS) is 2. The van der Waals surface area contributed by atoms with E-state index in [1.165, 1.54) is 12.1 Å². The number of hydrogen-bond donors (Lipinski definition) is 4. The number of carbonyl (C=O) groups excluding carboxylic acids is 3. The van der Waals surface area contributed by atoms with Crippen LogP contribution in [-0.4, -0.2) is 57.5 Å². The van der Waals surface area contributed by atoms with Crippen LogP contribution in [0.25, 0.3) is 0 Å². The number of esters is 1. The average Bonchev–Trinajstić information content (AvgIpc) is 3.38. The Bertz CT molecular complexity index is 1400. The summed E-state index contributed by atoms with van der Waals surface area (Å²) < 4.78 is 5.30. The standard InChI is InChI=1S/C29H27N3O8/c33-24(32-23(27(36)37)15-22(26(34)35)25(32)19-10-5-2-6-11-19)16-30-29(39)31-21-13-7-12-20(14-21)28(38)40-17-18-8-3-1-4-9-18/h1-14,22-23,25H,15-17H2,(H,34,35)(H,36,37)(H2,30,31,39). The highest BCUT2D eigenvalue weighted by molar-refractivity contribution is 5.96. The fraction of sp³-hybridized carbons (Fsp3) is 0.207. The fourth-order valence-electron chi connectivity index (χ4n) is 4.65. The van der Waals surface area contributed by atoms with Gasteiger partial charge in [0.25, 0.3) is 0 Å². The van der Waals surface area contributed by atoms with Crippen molar-refractivity contribution in [1.29, 1.82) is 0 Å². The zero-order chi connectivity index (χ0) is 28.6. The molecule has 1 fully saturated rings. The molecule has 1 saturated heterocycles. The Morgan fingerprint density at radius 2 is 1.52 bits per heavy atom. The summed E-state index contributed by atoms with van der Waals surface area (Å²) in [5.74, 6) is -5.03. The number of nitrogens with one attached hydrogen (secondary N) is 2. The third kappa shape index (κ3) is 6.62. The zero-order valence-electron chi connectivity index (χ0n) is 21.2. The van der Waals surface area contributed by atoms with Gasteiger partial charge in [-0.15, -0.1) is 0 Å². The Kier molecular flexibility index (Phi) is 8.75. The number of benzene rings is 3. The second-order valence-corrected chi connectivity index (χ2v) is 9.14. The molecule has 3 atom stereocenters. The molecule has 206 valence electrons. The van der Waals surface area contributed by atoms with Gasteiger partial charge in [-0.25, -0.2) is 14.4 Å². The molecule has 40 heavy (non-hydrogen) atoms. The zero-order valence-corrected chi connectivity index (χ0v) is 21.2. The van der Waals surface area contributed by atoms with Crippen LogP contribution >= 0.6 is 0 Å². The number of anilines is 1. The lowest BCUT2D eigenvalue weighted by molar-refractivity contribution is -0.149. The first-order valence-electron chi connectivity index (χ1n) is 12.4. The van der Waals surface area contributed by atoms with E-state index in [9.17, 15) is 34.2 Å². The lowest BCUT2D eigenvalue weighted by Gasteiger charge is -2.30. The third-order valence-electron chi connectivity index (χ3n) is 6.49. The molecule has 1 aliphatic heterocycles. The van der Waals surface area contributed by atoms with Crippen molar-refractivity contribution < 1.29 is 38.9 Å². The van der Waals surface area contributed by atoms with E-state index >= 15 is 0 Å². The quantitative estimate of drug-likeness (QED) is 0.298. The van der Waals surface area contributed by atoms with Crippen LogP contribution in [0, 0.1) is 5.92 Å². The molecule has 0 bridgehead atoms. The first-order valence-corrected chi connectivity index (χ1v) is 12.4. The first-order chi connectivity index (χ1) is 19.2. The van der Waals surface area contributed by atoms with Gasteiger partial charge in [-0.3, -0.25) is 9.59 Å². The molecule has 1 heterocycles. The maximum Gasteiger partial charge on any atom is 0.338 e. The van der Waals surface area contributed by atoms with Crippen molar-refractivity contribution in [2.45, 2.75) is 25.1 Å². The lowest BCUT2D eigenvalue weighted by atomic mass is 9.93.